The third-order valence-corrected chi connectivity index (χ3v) is 1.77. The summed E-state index contributed by atoms with van der Waals surface area (Å²) < 4.78 is 41.7. The van der Waals surface area contributed by atoms with Crippen molar-refractivity contribution in [1.29, 1.82) is 0 Å². The van der Waals surface area contributed by atoms with Gasteiger partial charge in [0.05, 0.1) is 6.61 Å². The summed E-state index contributed by atoms with van der Waals surface area (Å²) in [5.41, 5.74) is -1.08. The standard InChI is InChI=1S/C8H9ClF3N3O/c1-16-3-2-13-7-14-5(8(10,11)12)4-6(9)15-7/h4H,2-3H2,1H3,(H,13,14,15). The number of methoxy groups -OCH3 is 1. The number of anilines is 1. The first kappa shape index (κ1) is 13.0. The van der Waals surface area contributed by atoms with Crippen molar-refractivity contribution >= 4 is 17.5 Å². The van der Waals surface area contributed by atoms with E-state index in [1.807, 2.05) is 0 Å². The van der Waals surface area contributed by atoms with Crippen LogP contribution in [0.3, 0.4) is 0 Å². The van der Waals surface area contributed by atoms with Crippen molar-refractivity contribution in [3.05, 3.63) is 16.9 Å². The summed E-state index contributed by atoms with van der Waals surface area (Å²) in [6, 6.07) is 0.670. The molecule has 0 aromatic carbocycles. The Hall–Kier alpha value is -1.08. The van der Waals surface area contributed by atoms with E-state index >= 15 is 0 Å². The maximum absolute atomic E-state index is 12.3. The second-order valence-electron chi connectivity index (χ2n) is 2.82. The van der Waals surface area contributed by atoms with Gasteiger partial charge in [0.15, 0.2) is 5.69 Å². The monoisotopic (exact) mass is 255 g/mol. The summed E-state index contributed by atoms with van der Waals surface area (Å²) in [5.74, 6) is -0.170. The molecule has 0 saturated heterocycles. The zero-order valence-corrected chi connectivity index (χ0v) is 9.06. The second-order valence-corrected chi connectivity index (χ2v) is 3.20. The van der Waals surface area contributed by atoms with Crippen LogP contribution < -0.4 is 5.32 Å². The van der Waals surface area contributed by atoms with Gasteiger partial charge in [-0.05, 0) is 0 Å². The highest BCUT2D eigenvalue weighted by Gasteiger charge is 2.33. The van der Waals surface area contributed by atoms with Crippen LogP contribution in [0.15, 0.2) is 6.07 Å². The topological polar surface area (TPSA) is 47.0 Å². The Bertz CT molecular complexity index is 359. The van der Waals surface area contributed by atoms with Crippen LogP contribution in [0.4, 0.5) is 19.1 Å². The van der Waals surface area contributed by atoms with Crippen molar-refractivity contribution in [2.75, 3.05) is 25.6 Å². The van der Waals surface area contributed by atoms with Gasteiger partial charge in [-0.1, -0.05) is 11.6 Å². The summed E-state index contributed by atoms with van der Waals surface area (Å²) in [4.78, 5) is 6.90. The van der Waals surface area contributed by atoms with Gasteiger partial charge in [-0.15, -0.1) is 0 Å². The molecule has 16 heavy (non-hydrogen) atoms. The van der Waals surface area contributed by atoms with Crippen molar-refractivity contribution in [2.45, 2.75) is 6.18 Å². The van der Waals surface area contributed by atoms with E-state index in [1.165, 1.54) is 7.11 Å². The third-order valence-electron chi connectivity index (χ3n) is 1.57. The Balaban J connectivity index is 2.82. The molecule has 90 valence electrons. The lowest BCUT2D eigenvalue weighted by atomic mass is 10.4. The molecule has 0 bridgehead atoms. The first-order valence-electron chi connectivity index (χ1n) is 4.28. The molecule has 0 unspecified atom stereocenters. The lowest BCUT2D eigenvalue weighted by Gasteiger charge is -2.09. The molecule has 1 aromatic rings. The van der Waals surface area contributed by atoms with E-state index in [2.05, 4.69) is 15.3 Å². The Morgan fingerprint density at radius 2 is 2.12 bits per heavy atom. The molecule has 0 fully saturated rings. The van der Waals surface area contributed by atoms with E-state index in [9.17, 15) is 13.2 Å². The fourth-order valence-corrected chi connectivity index (χ4v) is 1.09. The first-order chi connectivity index (χ1) is 7.43. The van der Waals surface area contributed by atoms with Crippen molar-refractivity contribution in [3.8, 4) is 0 Å². The minimum absolute atomic E-state index is 0.170. The molecule has 0 amide bonds. The molecule has 0 atom stereocenters. The van der Waals surface area contributed by atoms with Crippen LogP contribution in [-0.4, -0.2) is 30.2 Å². The molecule has 0 aliphatic heterocycles. The maximum atomic E-state index is 12.3. The molecule has 1 heterocycles. The molecular weight excluding hydrogens is 247 g/mol. The highest BCUT2D eigenvalue weighted by Crippen LogP contribution is 2.29. The lowest BCUT2D eigenvalue weighted by Crippen LogP contribution is -2.14. The minimum Gasteiger partial charge on any atom is -0.383 e. The van der Waals surface area contributed by atoms with E-state index in [4.69, 9.17) is 16.3 Å². The second kappa shape index (κ2) is 5.31. The number of nitrogens with one attached hydrogen (secondary N) is 1. The fraction of sp³-hybridized carbons (Fsp3) is 0.500. The van der Waals surface area contributed by atoms with Gasteiger partial charge in [0, 0.05) is 19.7 Å². The predicted molar refractivity (Wildman–Crippen MR) is 52.4 cm³/mol. The van der Waals surface area contributed by atoms with Gasteiger partial charge in [-0.2, -0.15) is 13.2 Å². The summed E-state index contributed by atoms with van der Waals surface area (Å²) in [6.45, 7) is 0.630. The van der Waals surface area contributed by atoms with Crippen LogP contribution in [-0.2, 0) is 10.9 Å². The quantitative estimate of drug-likeness (QED) is 0.662. The van der Waals surface area contributed by atoms with Crippen LogP contribution in [0.2, 0.25) is 5.15 Å². The SMILES string of the molecule is COCCNc1nc(Cl)cc(C(F)(F)F)n1. The molecule has 0 spiro atoms. The molecule has 1 rings (SSSR count). The number of halogens is 4. The normalized spacial score (nSPS) is 11.6. The molecule has 4 nitrogen and oxygen atoms in total. The van der Waals surface area contributed by atoms with E-state index in [1.54, 1.807) is 0 Å². The van der Waals surface area contributed by atoms with Crippen molar-refractivity contribution in [1.82, 2.24) is 9.97 Å². The number of hydrogen-bond acceptors (Lipinski definition) is 4. The molecule has 1 N–H and O–H groups in total. The first-order valence-corrected chi connectivity index (χ1v) is 4.66. The van der Waals surface area contributed by atoms with E-state index in [0.717, 1.165) is 0 Å². The summed E-state index contributed by atoms with van der Waals surface area (Å²) in [6.07, 6.45) is -4.54. The highest BCUT2D eigenvalue weighted by molar-refractivity contribution is 6.29. The van der Waals surface area contributed by atoms with Crippen molar-refractivity contribution in [3.63, 3.8) is 0 Å². The van der Waals surface area contributed by atoms with Crippen LogP contribution in [0, 0.1) is 0 Å². The van der Waals surface area contributed by atoms with Gasteiger partial charge in [0.2, 0.25) is 5.95 Å². The average Bonchev–Trinajstić information content (AvgIpc) is 2.16. The van der Waals surface area contributed by atoms with Gasteiger partial charge < -0.3 is 10.1 Å². The molecule has 0 aliphatic carbocycles. The smallest absolute Gasteiger partial charge is 0.383 e. The third kappa shape index (κ3) is 3.82. The van der Waals surface area contributed by atoms with Crippen LogP contribution in [0.25, 0.3) is 0 Å². The fourth-order valence-electron chi connectivity index (χ4n) is 0.907. The average molecular weight is 256 g/mol. The summed E-state index contributed by atoms with van der Waals surface area (Å²) >= 11 is 5.45. The van der Waals surface area contributed by atoms with Crippen molar-refractivity contribution in [2.24, 2.45) is 0 Å². The zero-order chi connectivity index (χ0) is 12.2. The molecule has 1 aromatic heterocycles. The Labute approximate surface area is 94.8 Å². The number of ether oxygens (including phenoxy) is 1. The molecule has 0 saturated carbocycles. The maximum Gasteiger partial charge on any atom is 0.433 e. The van der Waals surface area contributed by atoms with E-state index in [0.29, 0.717) is 19.2 Å². The number of alkyl halides is 3. The molecular formula is C8H9ClF3N3O. The van der Waals surface area contributed by atoms with Crippen LogP contribution >= 0.6 is 11.6 Å². The largest absolute Gasteiger partial charge is 0.433 e. The summed E-state index contributed by atoms with van der Waals surface area (Å²) in [5, 5.41) is 2.31. The van der Waals surface area contributed by atoms with Gasteiger partial charge >= 0.3 is 6.18 Å². The van der Waals surface area contributed by atoms with Crippen molar-refractivity contribution < 1.29 is 17.9 Å². The van der Waals surface area contributed by atoms with Gasteiger partial charge in [-0.3, -0.25) is 0 Å². The highest BCUT2D eigenvalue weighted by atomic mass is 35.5. The minimum atomic E-state index is -4.54. The van der Waals surface area contributed by atoms with Gasteiger partial charge in [0.1, 0.15) is 5.15 Å². The van der Waals surface area contributed by atoms with Gasteiger partial charge in [-0.25, -0.2) is 9.97 Å². The lowest BCUT2D eigenvalue weighted by molar-refractivity contribution is -0.141. The van der Waals surface area contributed by atoms with E-state index in [-0.39, 0.29) is 11.1 Å². The number of hydrogen-bond donors (Lipinski definition) is 1. The number of rotatable bonds is 4. The Kier molecular flexibility index (Phi) is 4.31. The Morgan fingerprint density at radius 1 is 1.44 bits per heavy atom. The summed E-state index contributed by atoms with van der Waals surface area (Å²) in [7, 11) is 1.47. The molecule has 0 radical (unpaired) electrons. The van der Waals surface area contributed by atoms with E-state index < -0.39 is 11.9 Å². The number of aromatic nitrogens is 2. The zero-order valence-electron chi connectivity index (χ0n) is 8.31. The predicted octanol–water partition coefficient (Wildman–Crippen LogP) is 2.21. The molecule has 0 aliphatic rings. The molecule has 8 heteroatoms. The van der Waals surface area contributed by atoms with Crippen LogP contribution in [0.1, 0.15) is 5.69 Å². The Morgan fingerprint density at radius 3 is 2.69 bits per heavy atom. The van der Waals surface area contributed by atoms with Crippen LogP contribution in [0.5, 0.6) is 0 Å². The number of nitrogens with zero attached hydrogens (tertiary/aromatic N) is 2. The van der Waals surface area contributed by atoms with Gasteiger partial charge in [0.25, 0.3) is 0 Å².